The van der Waals surface area contributed by atoms with Gasteiger partial charge in [-0.15, -0.1) is 0 Å². The van der Waals surface area contributed by atoms with E-state index in [9.17, 15) is 8.78 Å². The summed E-state index contributed by atoms with van der Waals surface area (Å²) in [7, 11) is 0. The van der Waals surface area contributed by atoms with Crippen molar-refractivity contribution in [3.05, 3.63) is 18.2 Å². The summed E-state index contributed by atoms with van der Waals surface area (Å²) in [6, 6.07) is 4.94. The summed E-state index contributed by atoms with van der Waals surface area (Å²) >= 11 is 0. The first-order valence-electron chi connectivity index (χ1n) is 4.99. The highest BCUT2D eigenvalue weighted by molar-refractivity contribution is 5.37. The van der Waals surface area contributed by atoms with Gasteiger partial charge in [0.05, 0.1) is 19.7 Å². The van der Waals surface area contributed by atoms with Crippen LogP contribution in [0.4, 0.5) is 14.6 Å². The SMILES string of the molecule is CCOc1cccc(NCC(F)(F)CN)n1. The van der Waals surface area contributed by atoms with Crippen molar-refractivity contribution in [3.63, 3.8) is 0 Å². The number of aromatic nitrogens is 1. The van der Waals surface area contributed by atoms with Crippen molar-refractivity contribution in [1.29, 1.82) is 0 Å². The number of halogens is 2. The maximum atomic E-state index is 12.8. The van der Waals surface area contributed by atoms with Crippen LogP contribution >= 0.6 is 0 Å². The Morgan fingerprint density at radius 3 is 2.88 bits per heavy atom. The maximum Gasteiger partial charge on any atom is 0.276 e. The van der Waals surface area contributed by atoms with Crippen LogP contribution in [-0.2, 0) is 0 Å². The molecule has 90 valence electrons. The molecule has 0 aliphatic carbocycles. The largest absolute Gasteiger partial charge is 0.478 e. The van der Waals surface area contributed by atoms with E-state index in [1.165, 1.54) is 0 Å². The van der Waals surface area contributed by atoms with E-state index in [4.69, 9.17) is 10.5 Å². The molecule has 6 heteroatoms. The number of nitrogens with zero attached hydrogens (tertiary/aromatic N) is 1. The highest BCUT2D eigenvalue weighted by Gasteiger charge is 2.26. The standard InChI is InChI=1S/C10H15F2N3O/c1-2-16-9-5-3-4-8(15-9)14-7-10(11,12)6-13/h3-5H,2,6-7,13H2,1H3,(H,14,15). The Morgan fingerprint density at radius 2 is 2.25 bits per heavy atom. The first-order chi connectivity index (χ1) is 7.57. The molecule has 0 saturated heterocycles. The molecular weight excluding hydrogens is 216 g/mol. The number of nitrogens with one attached hydrogen (secondary N) is 1. The molecule has 0 amide bonds. The van der Waals surface area contributed by atoms with Crippen molar-refractivity contribution in [1.82, 2.24) is 4.98 Å². The lowest BCUT2D eigenvalue weighted by Gasteiger charge is -2.15. The van der Waals surface area contributed by atoms with E-state index < -0.39 is 19.0 Å². The number of hydrogen-bond donors (Lipinski definition) is 2. The van der Waals surface area contributed by atoms with E-state index in [0.29, 0.717) is 18.3 Å². The minimum absolute atomic E-state index is 0.346. The number of pyridine rings is 1. The molecule has 0 unspecified atom stereocenters. The Hall–Kier alpha value is -1.43. The summed E-state index contributed by atoms with van der Waals surface area (Å²) in [5.74, 6) is -2.17. The van der Waals surface area contributed by atoms with Crippen LogP contribution in [0.1, 0.15) is 6.92 Å². The minimum atomic E-state index is -2.93. The minimum Gasteiger partial charge on any atom is -0.478 e. The second kappa shape index (κ2) is 5.60. The van der Waals surface area contributed by atoms with Crippen LogP contribution in [0.5, 0.6) is 5.88 Å². The molecule has 16 heavy (non-hydrogen) atoms. The summed E-state index contributed by atoms with van der Waals surface area (Å²) in [6.45, 7) is 1.08. The van der Waals surface area contributed by atoms with E-state index in [2.05, 4.69) is 10.3 Å². The monoisotopic (exact) mass is 231 g/mol. The zero-order chi connectivity index (χ0) is 12.0. The first kappa shape index (κ1) is 12.6. The predicted octanol–water partition coefficient (Wildman–Crippen LogP) is 1.49. The van der Waals surface area contributed by atoms with E-state index in [1.54, 1.807) is 18.2 Å². The lowest BCUT2D eigenvalue weighted by Crippen LogP contribution is -2.35. The summed E-state index contributed by atoms with van der Waals surface area (Å²) in [6.07, 6.45) is 0. The number of hydrogen-bond acceptors (Lipinski definition) is 4. The van der Waals surface area contributed by atoms with Crippen molar-refractivity contribution in [2.45, 2.75) is 12.8 Å². The van der Waals surface area contributed by atoms with E-state index in [-0.39, 0.29) is 0 Å². The highest BCUT2D eigenvalue weighted by Crippen LogP contribution is 2.15. The fourth-order valence-electron chi connectivity index (χ4n) is 1.03. The third kappa shape index (κ3) is 3.98. The number of alkyl halides is 2. The zero-order valence-electron chi connectivity index (χ0n) is 9.04. The molecule has 1 heterocycles. The van der Waals surface area contributed by atoms with Crippen molar-refractivity contribution in [2.24, 2.45) is 5.73 Å². The third-order valence-electron chi connectivity index (χ3n) is 1.84. The van der Waals surface area contributed by atoms with Crippen LogP contribution in [0.3, 0.4) is 0 Å². The van der Waals surface area contributed by atoms with Crippen LogP contribution in [0, 0.1) is 0 Å². The summed E-state index contributed by atoms with van der Waals surface area (Å²) in [5.41, 5.74) is 4.91. The Morgan fingerprint density at radius 1 is 1.50 bits per heavy atom. The number of ether oxygens (including phenoxy) is 1. The number of anilines is 1. The van der Waals surface area contributed by atoms with Gasteiger partial charge in [0.2, 0.25) is 5.88 Å². The van der Waals surface area contributed by atoms with Gasteiger partial charge in [-0.2, -0.15) is 4.98 Å². The lowest BCUT2D eigenvalue weighted by molar-refractivity contribution is 0.0253. The Bertz CT molecular complexity index is 334. The molecular formula is C10H15F2N3O. The van der Waals surface area contributed by atoms with E-state index in [0.717, 1.165) is 0 Å². The molecule has 0 bridgehead atoms. The van der Waals surface area contributed by atoms with Gasteiger partial charge >= 0.3 is 0 Å². The smallest absolute Gasteiger partial charge is 0.276 e. The summed E-state index contributed by atoms with van der Waals surface area (Å²) in [5, 5.41) is 2.51. The van der Waals surface area contributed by atoms with Crippen LogP contribution in [0.2, 0.25) is 0 Å². The summed E-state index contributed by atoms with van der Waals surface area (Å²) in [4.78, 5) is 3.99. The average Bonchev–Trinajstić information content (AvgIpc) is 2.28. The molecule has 0 aliphatic heterocycles. The molecule has 0 saturated carbocycles. The molecule has 3 N–H and O–H groups in total. The van der Waals surface area contributed by atoms with Crippen molar-refractivity contribution in [2.75, 3.05) is 25.0 Å². The van der Waals surface area contributed by atoms with Gasteiger partial charge in [0.25, 0.3) is 5.92 Å². The van der Waals surface area contributed by atoms with Crippen LogP contribution in [0.25, 0.3) is 0 Å². The van der Waals surface area contributed by atoms with Gasteiger partial charge in [-0.3, -0.25) is 0 Å². The second-order valence-corrected chi connectivity index (χ2v) is 3.21. The Balaban J connectivity index is 2.57. The normalized spacial score (nSPS) is 11.2. The average molecular weight is 231 g/mol. The molecule has 0 atom stereocenters. The fraction of sp³-hybridized carbons (Fsp3) is 0.500. The second-order valence-electron chi connectivity index (χ2n) is 3.21. The zero-order valence-corrected chi connectivity index (χ0v) is 9.04. The molecule has 0 radical (unpaired) electrons. The van der Waals surface area contributed by atoms with E-state index in [1.807, 2.05) is 6.92 Å². The topological polar surface area (TPSA) is 60.2 Å². The molecule has 1 rings (SSSR count). The lowest BCUT2D eigenvalue weighted by atomic mass is 10.3. The molecule has 0 aliphatic rings. The summed E-state index contributed by atoms with van der Waals surface area (Å²) < 4.78 is 30.8. The van der Waals surface area contributed by atoms with Gasteiger partial charge < -0.3 is 15.8 Å². The predicted molar refractivity (Wildman–Crippen MR) is 57.9 cm³/mol. The Kier molecular flexibility index (Phi) is 4.42. The van der Waals surface area contributed by atoms with Gasteiger partial charge in [0, 0.05) is 6.07 Å². The third-order valence-corrected chi connectivity index (χ3v) is 1.84. The van der Waals surface area contributed by atoms with E-state index >= 15 is 0 Å². The van der Waals surface area contributed by atoms with Crippen molar-refractivity contribution < 1.29 is 13.5 Å². The van der Waals surface area contributed by atoms with Crippen LogP contribution in [-0.4, -0.2) is 30.6 Å². The molecule has 0 fully saturated rings. The first-order valence-corrected chi connectivity index (χ1v) is 4.99. The quantitative estimate of drug-likeness (QED) is 0.778. The number of nitrogens with two attached hydrogens (primary N) is 1. The van der Waals surface area contributed by atoms with Crippen molar-refractivity contribution in [3.8, 4) is 5.88 Å². The van der Waals surface area contributed by atoms with Gasteiger partial charge in [0.1, 0.15) is 5.82 Å². The van der Waals surface area contributed by atoms with Gasteiger partial charge in [0.15, 0.2) is 0 Å². The fourth-order valence-corrected chi connectivity index (χ4v) is 1.03. The van der Waals surface area contributed by atoms with Crippen molar-refractivity contribution >= 4 is 5.82 Å². The Labute approximate surface area is 92.8 Å². The van der Waals surface area contributed by atoms with Crippen LogP contribution < -0.4 is 15.8 Å². The molecule has 0 aromatic carbocycles. The van der Waals surface area contributed by atoms with Gasteiger partial charge in [-0.25, -0.2) is 8.78 Å². The van der Waals surface area contributed by atoms with Gasteiger partial charge in [-0.1, -0.05) is 6.07 Å². The maximum absolute atomic E-state index is 12.8. The molecule has 4 nitrogen and oxygen atoms in total. The molecule has 0 spiro atoms. The number of rotatable bonds is 6. The highest BCUT2D eigenvalue weighted by atomic mass is 19.3. The van der Waals surface area contributed by atoms with Gasteiger partial charge in [-0.05, 0) is 13.0 Å². The molecule has 1 aromatic heterocycles. The molecule has 1 aromatic rings. The van der Waals surface area contributed by atoms with Crippen LogP contribution in [0.15, 0.2) is 18.2 Å².